The van der Waals surface area contributed by atoms with E-state index in [1.54, 1.807) is 0 Å². The number of carboxylic acid groups (broad SMARTS) is 1. The minimum absolute atomic E-state index is 0.0348. The van der Waals surface area contributed by atoms with Crippen LogP contribution in [-0.2, 0) is 11.2 Å². The highest BCUT2D eigenvalue weighted by molar-refractivity contribution is 7.12. The molecule has 0 fully saturated rings. The van der Waals surface area contributed by atoms with E-state index in [2.05, 4.69) is 31.8 Å². The van der Waals surface area contributed by atoms with Crippen LogP contribution in [0.25, 0.3) is 11.3 Å². The highest BCUT2D eigenvalue weighted by atomic mass is 32.1. The smallest absolute Gasteiger partial charge is 0.308 e. The first-order chi connectivity index (χ1) is 9.38. The number of thiazole rings is 1. The Hall–Kier alpha value is -1.68. The van der Waals surface area contributed by atoms with Crippen LogP contribution in [0.15, 0.2) is 18.2 Å². The van der Waals surface area contributed by atoms with Crippen LogP contribution in [0.5, 0.6) is 0 Å². The lowest BCUT2D eigenvalue weighted by atomic mass is 10.0. The summed E-state index contributed by atoms with van der Waals surface area (Å²) in [4.78, 5) is 16.6. The Kier molecular flexibility index (Phi) is 4.23. The first-order valence-electron chi connectivity index (χ1n) is 6.67. The van der Waals surface area contributed by atoms with Gasteiger partial charge in [-0.1, -0.05) is 37.6 Å². The van der Waals surface area contributed by atoms with Crippen LogP contribution in [0, 0.1) is 13.8 Å². The van der Waals surface area contributed by atoms with Crippen molar-refractivity contribution in [1.82, 2.24) is 4.98 Å². The summed E-state index contributed by atoms with van der Waals surface area (Å²) in [7, 11) is 0. The normalized spacial score (nSPS) is 11.1. The van der Waals surface area contributed by atoms with E-state index >= 15 is 0 Å². The molecule has 0 bridgehead atoms. The molecule has 0 aliphatic heterocycles. The van der Waals surface area contributed by atoms with Crippen molar-refractivity contribution in [2.75, 3.05) is 0 Å². The maximum absolute atomic E-state index is 11.0. The molecule has 0 atom stereocenters. The molecule has 0 amide bonds. The Balaban J connectivity index is 2.55. The van der Waals surface area contributed by atoms with Crippen molar-refractivity contribution in [3.05, 3.63) is 39.2 Å². The Bertz CT molecular complexity index is 644. The van der Waals surface area contributed by atoms with Gasteiger partial charge in [0.15, 0.2) is 0 Å². The van der Waals surface area contributed by atoms with Gasteiger partial charge in [-0.25, -0.2) is 4.98 Å². The zero-order valence-electron chi connectivity index (χ0n) is 12.2. The zero-order valence-corrected chi connectivity index (χ0v) is 13.0. The van der Waals surface area contributed by atoms with E-state index in [-0.39, 0.29) is 6.42 Å². The molecule has 1 heterocycles. The fourth-order valence-electron chi connectivity index (χ4n) is 2.16. The van der Waals surface area contributed by atoms with Gasteiger partial charge in [-0.05, 0) is 19.4 Å². The maximum Gasteiger partial charge on any atom is 0.308 e. The predicted molar refractivity (Wildman–Crippen MR) is 82.5 cm³/mol. The number of hydrogen-bond donors (Lipinski definition) is 1. The van der Waals surface area contributed by atoms with Crippen molar-refractivity contribution < 1.29 is 9.90 Å². The van der Waals surface area contributed by atoms with Crippen molar-refractivity contribution >= 4 is 17.3 Å². The van der Waals surface area contributed by atoms with E-state index in [0.29, 0.717) is 5.92 Å². The van der Waals surface area contributed by atoms with Crippen LogP contribution in [0.1, 0.15) is 40.8 Å². The van der Waals surface area contributed by atoms with Crippen LogP contribution < -0.4 is 0 Å². The number of aryl methyl sites for hydroxylation is 2. The number of carboxylic acids is 1. The lowest BCUT2D eigenvalue weighted by Crippen LogP contribution is -2.00. The highest BCUT2D eigenvalue weighted by Gasteiger charge is 2.18. The van der Waals surface area contributed by atoms with Crippen molar-refractivity contribution in [3.8, 4) is 11.3 Å². The second kappa shape index (κ2) is 5.75. The third-order valence-corrected chi connectivity index (χ3v) is 4.51. The first-order valence-corrected chi connectivity index (χ1v) is 7.49. The summed E-state index contributed by atoms with van der Waals surface area (Å²) < 4.78 is 0. The molecule has 0 saturated heterocycles. The molecule has 1 aromatic heterocycles. The van der Waals surface area contributed by atoms with Crippen LogP contribution in [-0.4, -0.2) is 16.1 Å². The molecule has 0 aliphatic rings. The second-order valence-corrected chi connectivity index (χ2v) is 6.48. The summed E-state index contributed by atoms with van der Waals surface area (Å²) in [6.45, 7) is 8.25. The Labute approximate surface area is 123 Å². The third kappa shape index (κ3) is 3.07. The number of rotatable bonds is 4. The number of hydrogen-bond acceptors (Lipinski definition) is 3. The van der Waals surface area contributed by atoms with Crippen LogP contribution in [0.2, 0.25) is 0 Å². The van der Waals surface area contributed by atoms with Crippen LogP contribution in [0.4, 0.5) is 0 Å². The molecule has 0 spiro atoms. The molecule has 20 heavy (non-hydrogen) atoms. The van der Waals surface area contributed by atoms with E-state index in [9.17, 15) is 4.79 Å². The highest BCUT2D eigenvalue weighted by Crippen LogP contribution is 2.34. The summed E-state index contributed by atoms with van der Waals surface area (Å²) >= 11 is 1.51. The summed E-state index contributed by atoms with van der Waals surface area (Å²) in [5.41, 5.74) is 4.20. The van der Waals surface area contributed by atoms with E-state index in [1.807, 2.05) is 19.1 Å². The van der Waals surface area contributed by atoms with Gasteiger partial charge >= 0.3 is 5.97 Å². The molecule has 1 aromatic carbocycles. The molecule has 4 heteroatoms. The van der Waals surface area contributed by atoms with E-state index in [1.165, 1.54) is 16.9 Å². The first kappa shape index (κ1) is 14.7. The lowest BCUT2D eigenvalue weighted by molar-refractivity contribution is -0.136. The topological polar surface area (TPSA) is 50.2 Å². The fourth-order valence-corrected chi connectivity index (χ4v) is 3.24. The average Bonchev–Trinajstić information content (AvgIpc) is 2.72. The SMILES string of the molecule is Cc1ccc(-c2nc(C(C)C)sc2CC(=O)O)c(C)c1. The van der Waals surface area contributed by atoms with Gasteiger partial charge in [0, 0.05) is 16.4 Å². The van der Waals surface area contributed by atoms with Crippen molar-refractivity contribution in [3.63, 3.8) is 0 Å². The molecule has 1 N–H and O–H groups in total. The predicted octanol–water partition coefficient (Wildman–Crippen LogP) is 4.18. The molecule has 0 radical (unpaired) electrons. The van der Waals surface area contributed by atoms with Gasteiger partial charge < -0.3 is 5.11 Å². The molecule has 3 nitrogen and oxygen atoms in total. The number of carbonyl (C=O) groups is 1. The van der Waals surface area contributed by atoms with Crippen molar-refractivity contribution in [2.45, 2.75) is 40.0 Å². The Morgan fingerprint density at radius 1 is 1.35 bits per heavy atom. The molecule has 106 valence electrons. The molecule has 0 saturated carbocycles. The van der Waals surface area contributed by atoms with Gasteiger partial charge in [0.05, 0.1) is 17.1 Å². The molecule has 0 unspecified atom stereocenters. The number of benzene rings is 1. The Morgan fingerprint density at radius 2 is 2.05 bits per heavy atom. The third-order valence-electron chi connectivity index (χ3n) is 3.16. The van der Waals surface area contributed by atoms with Gasteiger partial charge in [0.2, 0.25) is 0 Å². The van der Waals surface area contributed by atoms with E-state index in [4.69, 9.17) is 5.11 Å². The molecular weight excluding hydrogens is 270 g/mol. The molecular formula is C16H19NO2S. The number of aliphatic carboxylic acids is 1. The number of nitrogens with zero attached hydrogens (tertiary/aromatic N) is 1. The maximum atomic E-state index is 11.0. The summed E-state index contributed by atoms with van der Waals surface area (Å²) in [5.74, 6) is -0.498. The zero-order chi connectivity index (χ0) is 14.9. The van der Waals surface area contributed by atoms with E-state index in [0.717, 1.165) is 26.7 Å². The Morgan fingerprint density at radius 3 is 2.60 bits per heavy atom. The number of aromatic nitrogens is 1. The minimum atomic E-state index is -0.810. The van der Waals surface area contributed by atoms with Crippen LogP contribution in [0.3, 0.4) is 0 Å². The minimum Gasteiger partial charge on any atom is -0.481 e. The van der Waals surface area contributed by atoms with Gasteiger partial charge in [-0.15, -0.1) is 11.3 Å². The summed E-state index contributed by atoms with van der Waals surface area (Å²) in [6.07, 6.45) is 0.0348. The van der Waals surface area contributed by atoms with Crippen molar-refractivity contribution in [2.24, 2.45) is 0 Å². The summed E-state index contributed by atoms with van der Waals surface area (Å²) in [5, 5.41) is 10.1. The van der Waals surface area contributed by atoms with Crippen LogP contribution >= 0.6 is 11.3 Å². The quantitative estimate of drug-likeness (QED) is 0.918. The summed E-state index contributed by atoms with van der Waals surface area (Å²) in [6, 6.07) is 6.19. The second-order valence-electron chi connectivity index (χ2n) is 5.37. The van der Waals surface area contributed by atoms with Gasteiger partial charge in [-0.2, -0.15) is 0 Å². The van der Waals surface area contributed by atoms with Gasteiger partial charge in [-0.3, -0.25) is 4.79 Å². The van der Waals surface area contributed by atoms with E-state index < -0.39 is 5.97 Å². The monoisotopic (exact) mass is 289 g/mol. The van der Waals surface area contributed by atoms with Crippen molar-refractivity contribution in [1.29, 1.82) is 0 Å². The van der Waals surface area contributed by atoms with Gasteiger partial charge in [0.1, 0.15) is 0 Å². The van der Waals surface area contributed by atoms with Gasteiger partial charge in [0.25, 0.3) is 0 Å². The average molecular weight is 289 g/mol. The fraction of sp³-hybridized carbons (Fsp3) is 0.375. The molecule has 2 rings (SSSR count). The molecule has 0 aliphatic carbocycles. The molecule has 2 aromatic rings. The standard InChI is InChI=1S/C16H19NO2S/c1-9(2)16-17-15(13(20-16)8-14(18)19)12-6-5-10(3)7-11(12)4/h5-7,9H,8H2,1-4H3,(H,18,19). The lowest BCUT2D eigenvalue weighted by Gasteiger charge is -2.06. The largest absolute Gasteiger partial charge is 0.481 e.